The molecule has 1 aromatic heterocycles. The molecule has 1 atom stereocenters. The van der Waals surface area contributed by atoms with E-state index in [4.69, 9.17) is 0 Å². The zero-order valence-electron chi connectivity index (χ0n) is 12.3. The van der Waals surface area contributed by atoms with Crippen LogP contribution in [0.5, 0.6) is 0 Å². The van der Waals surface area contributed by atoms with Gasteiger partial charge in [0.1, 0.15) is 0 Å². The summed E-state index contributed by atoms with van der Waals surface area (Å²) >= 11 is 1.75. The summed E-state index contributed by atoms with van der Waals surface area (Å²) in [5.74, 6) is 2.14. The summed E-state index contributed by atoms with van der Waals surface area (Å²) in [7, 11) is 1.82. The van der Waals surface area contributed by atoms with Crippen LogP contribution >= 0.6 is 35.3 Å². The molecule has 1 aromatic rings. The van der Waals surface area contributed by atoms with Crippen LogP contribution in [0.4, 0.5) is 0 Å². The van der Waals surface area contributed by atoms with Gasteiger partial charge in [0.05, 0.1) is 0 Å². The van der Waals surface area contributed by atoms with Crippen molar-refractivity contribution in [1.82, 2.24) is 10.6 Å². The fourth-order valence-corrected chi connectivity index (χ4v) is 2.41. The monoisotopic (exact) mass is 395 g/mol. The van der Waals surface area contributed by atoms with Gasteiger partial charge in [0, 0.05) is 20.1 Å². The van der Waals surface area contributed by atoms with E-state index in [-0.39, 0.29) is 24.0 Å². The van der Waals surface area contributed by atoms with Crippen LogP contribution in [0.1, 0.15) is 38.7 Å². The first-order valence-electron chi connectivity index (χ1n) is 6.60. The fraction of sp³-hybridized carbons (Fsp3) is 0.643. The number of rotatable bonds is 6. The summed E-state index contributed by atoms with van der Waals surface area (Å²) in [6.45, 7) is 8.59. The Bertz CT molecular complexity index is 350. The molecule has 0 fully saturated rings. The average molecular weight is 395 g/mol. The summed E-state index contributed by atoms with van der Waals surface area (Å²) in [5.41, 5.74) is 1.39. The number of nitrogens with zero attached hydrogens (tertiary/aromatic N) is 1. The van der Waals surface area contributed by atoms with Crippen molar-refractivity contribution in [3.05, 3.63) is 22.4 Å². The molecule has 1 heterocycles. The minimum absolute atomic E-state index is 0. The van der Waals surface area contributed by atoms with Crippen molar-refractivity contribution < 1.29 is 0 Å². The second kappa shape index (κ2) is 10.5. The van der Waals surface area contributed by atoms with Gasteiger partial charge in [-0.05, 0) is 40.6 Å². The molecule has 0 saturated carbocycles. The van der Waals surface area contributed by atoms with Crippen molar-refractivity contribution in [3.8, 4) is 0 Å². The number of halogens is 1. The molecule has 0 spiro atoms. The summed E-state index contributed by atoms with van der Waals surface area (Å²) in [6, 6.07) is 2.19. The standard InChI is InChI=1S/C14H25N3S.HI/c1-11(2)5-7-16-14(15-4)17-9-12(3)13-6-8-18-10-13;/h6,8,10-12H,5,7,9H2,1-4H3,(H2,15,16,17);1H. The van der Waals surface area contributed by atoms with Crippen molar-refractivity contribution in [2.75, 3.05) is 20.1 Å². The van der Waals surface area contributed by atoms with Crippen molar-refractivity contribution in [2.24, 2.45) is 10.9 Å². The fourth-order valence-electron chi connectivity index (χ4n) is 1.62. The second-order valence-corrected chi connectivity index (χ2v) is 5.80. The third kappa shape index (κ3) is 7.77. The van der Waals surface area contributed by atoms with Gasteiger partial charge in [0.2, 0.25) is 0 Å². The third-order valence-electron chi connectivity index (χ3n) is 2.93. The van der Waals surface area contributed by atoms with E-state index in [1.54, 1.807) is 11.3 Å². The molecule has 0 aliphatic heterocycles. The van der Waals surface area contributed by atoms with Gasteiger partial charge >= 0.3 is 0 Å². The summed E-state index contributed by atoms with van der Waals surface area (Å²) in [5, 5.41) is 11.1. The van der Waals surface area contributed by atoms with Crippen LogP contribution in [0.3, 0.4) is 0 Å². The van der Waals surface area contributed by atoms with E-state index < -0.39 is 0 Å². The van der Waals surface area contributed by atoms with Gasteiger partial charge in [0.25, 0.3) is 0 Å². The Morgan fingerprint density at radius 2 is 2.05 bits per heavy atom. The zero-order chi connectivity index (χ0) is 13.4. The van der Waals surface area contributed by atoms with Crippen LogP contribution < -0.4 is 10.6 Å². The molecular formula is C14H26IN3S. The van der Waals surface area contributed by atoms with Crippen LogP contribution in [0, 0.1) is 5.92 Å². The summed E-state index contributed by atoms with van der Waals surface area (Å²) in [6.07, 6.45) is 1.17. The highest BCUT2D eigenvalue weighted by atomic mass is 127. The SMILES string of the molecule is CN=C(NCCC(C)C)NCC(C)c1ccsc1.I. The number of hydrogen-bond donors (Lipinski definition) is 2. The average Bonchev–Trinajstić information content (AvgIpc) is 2.86. The van der Waals surface area contributed by atoms with Crippen LogP contribution in [-0.4, -0.2) is 26.1 Å². The maximum Gasteiger partial charge on any atom is 0.190 e. The molecule has 110 valence electrons. The highest BCUT2D eigenvalue weighted by Gasteiger charge is 2.06. The van der Waals surface area contributed by atoms with Crippen molar-refractivity contribution in [1.29, 1.82) is 0 Å². The number of thiophene rings is 1. The molecule has 0 aromatic carbocycles. The Morgan fingerprint density at radius 1 is 1.32 bits per heavy atom. The van der Waals surface area contributed by atoms with E-state index >= 15 is 0 Å². The number of aliphatic imine (C=N–C) groups is 1. The molecular weight excluding hydrogens is 369 g/mol. The lowest BCUT2D eigenvalue weighted by molar-refractivity contribution is 0.572. The van der Waals surface area contributed by atoms with Gasteiger partial charge in [-0.2, -0.15) is 11.3 Å². The Balaban J connectivity index is 0.00000324. The zero-order valence-corrected chi connectivity index (χ0v) is 15.4. The molecule has 3 nitrogen and oxygen atoms in total. The van der Waals surface area contributed by atoms with E-state index in [1.807, 2.05) is 7.05 Å². The molecule has 0 aliphatic rings. The number of guanidine groups is 1. The quantitative estimate of drug-likeness (QED) is 0.438. The first-order chi connectivity index (χ1) is 8.63. The molecule has 19 heavy (non-hydrogen) atoms. The Hall–Kier alpha value is -0.300. The lowest BCUT2D eigenvalue weighted by Crippen LogP contribution is -2.39. The molecule has 2 N–H and O–H groups in total. The van der Waals surface area contributed by atoms with Crippen molar-refractivity contribution >= 4 is 41.3 Å². The number of nitrogens with one attached hydrogen (secondary N) is 2. The lowest BCUT2D eigenvalue weighted by Gasteiger charge is -2.16. The molecule has 0 bridgehead atoms. The lowest BCUT2D eigenvalue weighted by atomic mass is 10.1. The van der Waals surface area contributed by atoms with Gasteiger partial charge in [-0.15, -0.1) is 24.0 Å². The largest absolute Gasteiger partial charge is 0.356 e. The molecule has 5 heteroatoms. The minimum atomic E-state index is 0. The number of hydrogen-bond acceptors (Lipinski definition) is 2. The molecule has 1 unspecified atom stereocenters. The molecule has 0 saturated heterocycles. The van der Waals surface area contributed by atoms with Crippen molar-refractivity contribution in [2.45, 2.75) is 33.1 Å². The first kappa shape index (κ1) is 18.7. The highest BCUT2D eigenvalue weighted by Crippen LogP contribution is 2.16. The Kier molecular flexibility index (Phi) is 10.3. The van der Waals surface area contributed by atoms with Gasteiger partial charge in [-0.3, -0.25) is 4.99 Å². The van der Waals surface area contributed by atoms with Crippen LogP contribution in [0.25, 0.3) is 0 Å². The minimum Gasteiger partial charge on any atom is -0.356 e. The van der Waals surface area contributed by atoms with Crippen LogP contribution in [0.2, 0.25) is 0 Å². The maximum atomic E-state index is 4.24. The smallest absolute Gasteiger partial charge is 0.190 e. The van der Waals surface area contributed by atoms with Crippen LogP contribution in [-0.2, 0) is 0 Å². The topological polar surface area (TPSA) is 36.4 Å². The van der Waals surface area contributed by atoms with E-state index in [0.29, 0.717) is 5.92 Å². The second-order valence-electron chi connectivity index (χ2n) is 5.02. The third-order valence-corrected chi connectivity index (χ3v) is 3.63. The van der Waals surface area contributed by atoms with Crippen LogP contribution in [0.15, 0.2) is 21.8 Å². The predicted molar refractivity (Wildman–Crippen MR) is 97.0 cm³/mol. The van der Waals surface area contributed by atoms with Gasteiger partial charge < -0.3 is 10.6 Å². The van der Waals surface area contributed by atoms with Crippen molar-refractivity contribution in [3.63, 3.8) is 0 Å². The van der Waals surface area contributed by atoms with E-state index in [1.165, 1.54) is 12.0 Å². The molecule has 0 amide bonds. The van der Waals surface area contributed by atoms with E-state index in [0.717, 1.165) is 25.0 Å². The maximum absolute atomic E-state index is 4.24. The normalized spacial score (nSPS) is 13.0. The van der Waals surface area contributed by atoms with E-state index in [9.17, 15) is 0 Å². The van der Waals surface area contributed by atoms with Gasteiger partial charge in [0.15, 0.2) is 5.96 Å². The molecule has 1 rings (SSSR count). The highest BCUT2D eigenvalue weighted by molar-refractivity contribution is 14.0. The summed E-state index contributed by atoms with van der Waals surface area (Å²) < 4.78 is 0. The van der Waals surface area contributed by atoms with E-state index in [2.05, 4.69) is 53.2 Å². The summed E-state index contributed by atoms with van der Waals surface area (Å²) in [4.78, 5) is 4.24. The van der Waals surface area contributed by atoms with Gasteiger partial charge in [-0.25, -0.2) is 0 Å². The Labute approximate surface area is 138 Å². The Morgan fingerprint density at radius 3 is 2.58 bits per heavy atom. The molecule has 0 aliphatic carbocycles. The first-order valence-corrected chi connectivity index (χ1v) is 7.54. The van der Waals surface area contributed by atoms with Gasteiger partial charge in [-0.1, -0.05) is 20.8 Å². The molecule has 0 radical (unpaired) electrons. The predicted octanol–water partition coefficient (Wildman–Crippen LogP) is 3.68.